The highest BCUT2D eigenvalue weighted by Crippen LogP contribution is 2.53. The first-order valence-corrected chi connectivity index (χ1v) is 6.06. The molecule has 0 bridgehead atoms. The maximum Gasteiger partial charge on any atom is 0.132 e. The predicted octanol–water partition coefficient (Wildman–Crippen LogP) is 2.32. The summed E-state index contributed by atoms with van der Waals surface area (Å²) in [6.07, 6.45) is 2.13. The van der Waals surface area contributed by atoms with Gasteiger partial charge in [-0.1, -0.05) is 0 Å². The highest BCUT2D eigenvalue weighted by Gasteiger charge is 2.43. The second-order valence-electron chi connectivity index (χ2n) is 3.96. The van der Waals surface area contributed by atoms with Crippen molar-refractivity contribution in [2.24, 2.45) is 0 Å². The third-order valence-corrected chi connectivity index (χ3v) is 4.30. The number of thioether (sulfide) groups is 1. The van der Waals surface area contributed by atoms with Crippen molar-refractivity contribution in [3.8, 4) is 11.5 Å². The number of aliphatic hydroxyl groups excluding tert-OH is 1. The van der Waals surface area contributed by atoms with Gasteiger partial charge >= 0.3 is 0 Å². The maximum absolute atomic E-state index is 9.32. The Labute approximate surface area is 99.8 Å². The summed E-state index contributed by atoms with van der Waals surface area (Å²) in [5.74, 6) is 1.66. The van der Waals surface area contributed by atoms with Gasteiger partial charge in [0.15, 0.2) is 0 Å². The molecule has 1 aromatic rings. The zero-order valence-corrected chi connectivity index (χ0v) is 10.3. The maximum atomic E-state index is 9.32. The van der Waals surface area contributed by atoms with Gasteiger partial charge < -0.3 is 14.6 Å². The summed E-state index contributed by atoms with van der Waals surface area (Å²) in [6.45, 7) is 0.220. The fourth-order valence-corrected chi connectivity index (χ4v) is 2.79. The van der Waals surface area contributed by atoms with Crippen molar-refractivity contribution >= 4 is 11.8 Å². The Bertz CT molecular complexity index is 375. The van der Waals surface area contributed by atoms with E-state index < -0.39 is 0 Å². The first-order chi connectivity index (χ1) is 7.73. The number of methoxy groups -OCH3 is 2. The molecular weight excluding hydrogens is 224 g/mol. The summed E-state index contributed by atoms with van der Waals surface area (Å²) < 4.78 is 10.5. The van der Waals surface area contributed by atoms with Crippen LogP contribution in [0.4, 0.5) is 0 Å². The van der Waals surface area contributed by atoms with E-state index in [2.05, 4.69) is 0 Å². The van der Waals surface area contributed by atoms with Crippen molar-refractivity contribution in [2.75, 3.05) is 20.8 Å². The van der Waals surface area contributed by atoms with Gasteiger partial charge in [0, 0.05) is 4.75 Å². The fraction of sp³-hybridized carbons (Fsp3) is 0.500. The summed E-state index contributed by atoms with van der Waals surface area (Å²) in [7, 11) is 3.31. The van der Waals surface area contributed by atoms with Crippen LogP contribution in [-0.2, 0) is 0 Å². The van der Waals surface area contributed by atoms with Crippen LogP contribution in [0.15, 0.2) is 23.1 Å². The first-order valence-electron chi connectivity index (χ1n) is 5.25. The molecule has 1 saturated carbocycles. The van der Waals surface area contributed by atoms with Crippen LogP contribution in [0.2, 0.25) is 0 Å². The average molecular weight is 240 g/mol. The minimum atomic E-state index is 0.0135. The summed E-state index contributed by atoms with van der Waals surface area (Å²) in [5.41, 5.74) is 0. The molecule has 2 rings (SSSR count). The molecule has 0 atom stereocenters. The van der Waals surface area contributed by atoms with Crippen molar-refractivity contribution in [2.45, 2.75) is 22.5 Å². The second-order valence-corrected chi connectivity index (χ2v) is 5.47. The van der Waals surface area contributed by atoms with Crippen LogP contribution in [0.5, 0.6) is 11.5 Å². The molecule has 0 heterocycles. The lowest BCUT2D eigenvalue weighted by Gasteiger charge is -2.15. The predicted molar refractivity (Wildman–Crippen MR) is 64.5 cm³/mol. The van der Waals surface area contributed by atoms with E-state index in [1.807, 2.05) is 18.2 Å². The van der Waals surface area contributed by atoms with E-state index in [-0.39, 0.29) is 11.4 Å². The van der Waals surface area contributed by atoms with Crippen molar-refractivity contribution < 1.29 is 14.6 Å². The highest BCUT2D eigenvalue weighted by atomic mass is 32.2. The summed E-state index contributed by atoms with van der Waals surface area (Å²) in [6, 6.07) is 5.73. The normalized spacial score (nSPS) is 16.9. The smallest absolute Gasteiger partial charge is 0.132 e. The van der Waals surface area contributed by atoms with Crippen LogP contribution in [-0.4, -0.2) is 30.7 Å². The molecule has 1 aliphatic carbocycles. The Balaban J connectivity index is 2.23. The van der Waals surface area contributed by atoms with Gasteiger partial charge in [-0.2, -0.15) is 0 Å². The van der Waals surface area contributed by atoms with E-state index >= 15 is 0 Å². The molecule has 0 amide bonds. The van der Waals surface area contributed by atoms with Crippen LogP contribution in [0, 0.1) is 0 Å². The molecule has 0 radical (unpaired) electrons. The number of benzene rings is 1. The number of ether oxygens (including phenoxy) is 2. The molecule has 1 fully saturated rings. The van der Waals surface area contributed by atoms with E-state index in [1.165, 1.54) is 0 Å². The summed E-state index contributed by atoms with van der Waals surface area (Å²) >= 11 is 1.68. The van der Waals surface area contributed by atoms with Gasteiger partial charge in [-0.3, -0.25) is 0 Å². The van der Waals surface area contributed by atoms with Gasteiger partial charge in [-0.15, -0.1) is 11.8 Å². The SMILES string of the molecule is COc1ccc(OC)c(SC2(CO)CC2)c1. The Hall–Kier alpha value is -0.870. The molecule has 1 N–H and O–H groups in total. The zero-order valence-electron chi connectivity index (χ0n) is 9.53. The van der Waals surface area contributed by atoms with Crippen LogP contribution in [0.1, 0.15) is 12.8 Å². The minimum absolute atomic E-state index is 0.0135. The lowest BCUT2D eigenvalue weighted by Crippen LogP contribution is -2.08. The van der Waals surface area contributed by atoms with Crippen molar-refractivity contribution in [1.82, 2.24) is 0 Å². The fourth-order valence-electron chi connectivity index (χ4n) is 1.53. The molecule has 0 aromatic heterocycles. The molecule has 1 aliphatic rings. The lowest BCUT2D eigenvalue weighted by atomic mass is 10.3. The molecule has 0 saturated heterocycles. The third kappa shape index (κ3) is 2.28. The molecule has 1 aromatic carbocycles. The zero-order chi connectivity index (χ0) is 11.6. The van der Waals surface area contributed by atoms with Crippen LogP contribution >= 0.6 is 11.8 Å². The van der Waals surface area contributed by atoms with Gasteiger partial charge in [0.1, 0.15) is 11.5 Å². The Morgan fingerprint density at radius 1 is 1.31 bits per heavy atom. The number of rotatable bonds is 5. The minimum Gasteiger partial charge on any atom is -0.497 e. The summed E-state index contributed by atoms with van der Waals surface area (Å²) in [4.78, 5) is 1.04. The topological polar surface area (TPSA) is 38.7 Å². The van der Waals surface area contributed by atoms with E-state index in [0.29, 0.717) is 0 Å². The number of hydrogen-bond acceptors (Lipinski definition) is 4. The quantitative estimate of drug-likeness (QED) is 0.857. The Kier molecular flexibility index (Phi) is 3.30. The van der Waals surface area contributed by atoms with Gasteiger partial charge in [-0.05, 0) is 31.0 Å². The molecule has 4 heteroatoms. The van der Waals surface area contributed by atoms with E-state index in [0.717, 1.165) is 29.2 Å². The largest absolute Gasteiger partial charge is 0.497 e. The molecule has 0 unspecified atom stereocenters. The molecule has 3 nitrogen and oxygen atoms in total. The van der Waals surface area contributed by atoms with E-state index in [4.69, 9.17) is 9.47 Å². The second kappa shape index (κ2) is 4.55. The number of hydrogen-bond donors (Lipinski definition) is 1. The first kappa shape index (κ1) is 11.6. The third-order valence-electron chi connectivity index (χ3n) is 2.79. The van der Waals surface area contributed by atoms with Gasteiger partial charge in [0.2, 0.25) is 0 Å². The van der Waals surface area contributed by atoms with Crippen LogP contribution in [0.3, 0.4) is 0 Å². The summed E-state index contributed by atoms with van der Waals surface area (Å²) in [5, 5.41) is 9.32. The standard InChI is InChI=1S/C12H16O3S/c1-14-9-3-4-10(15-2)11(7-9)16-12(8-13)5-6-12/h3-4,7,13H,5-6,8H2,1-2H3. The van der Waals surface area contributed by atoms with Gasteiger partial charge in [-0.25, -0.2) is 0 Å². The molecule has 88 valence electrons. The van der Waals surface area contributed by atoms with Gasteiger partial charge in [0.05, 0.1) is 25.7 Å². The molecular formula is C12H16O3S. The lowest BCUT2D eigenvalue weighted by molar-refractivity contribution is 0.288. The monoisotopic (exact) mass is 240 g/mol. The van der Waals surface area contributed by atoms with Crippen molar-refractivity contribution in [3.05, 3.63) is 18.2 Å². The van der Waals surface area contributed by atoms with Crippen LogP contribution in [0.25, 0.3) is 0 Å². The molecule has 16 heavy (non-hydrogen) atoms. The molecule has 0 aliphatic heterocycles. The molecule has 0 spiro atoms. The number of aliphatic hydroxyl groups is 1. The van der Waals surface area contributed by atoms with Crippen molar-refractivity contribution in [3.63, 3.8) is 0 Å². The Morgan fingerprint density at radius 3 is 2.56 bits per heavy atom. The highest BCUT2D eigenvalue weighted by molar-refractivity contribution is 8.01. The van der Waals surface area contributed by atoms with Crippen molar-refractivity contribution in [1.29, 1.82) is 0 Å². The van der Waals surface area contributed by atoms with E-state index in [1.54, 1.807) is 26.0 Å². The average Bonchev–Trinajstić information content (AvgIpc) is 3.09. The van der Waals surface area contributed by atoms with Crippen LogP contribution < -0.4 is 9.47 Å². The van der Waals surface area contributed by atoms with E-state index in [9.17, 15) is 5.11 Å². The van der Waals surface area contributed by atoms with Gasteiger partial charge in [0.25, 0.3) is 0 Å². The Morgan fingerprint density at radius 2 is 2.06 bits per heavy atom.